The van der Waals surface area contributed by atoms with E-state index in [2.05, 4.69) is 22.2 Å². The van der Waals surface area contributed by atoms with Crippen molar-refractivity contribution in [1.82, 2.24) is 14.8 Å². The molecule has 1 aliphatic rings. The minimum absolute atomic E-state index is 0.106. The van der Waals surface area contributed by atoms with Gasteiger partial charge in [-0.05, 0) is 37.6 Å². The third kappa shape index (κ3) is 5.05. The van der Waals surface area contributed by atoms with Gasteiger partial charge in [-0.15, -0.1) is 11.3 Å². The van der Waals surface area contributed by atoms with Crippen LogP contribution >= 0.6 is 11.3 Å². The zero-order chi connectivity index (χ0) is 18.4. The number of carbonyl (C=O) groups is 1. The summed E-state index contributed by atoms with van der Waals surface area (Å²) < 4.78 is 5.66. The fourth-order valence-electron chi connectivity index (χ4n) is 2.99. The molecule has 0 bridgehead atoms. The van der Waals surface area contributed by atoms with E-state index >= 15 is 0 Å². The van der Waals surface area contributed by atoms with Crippen LogP contribution in [0.4, 0.5) is 0 Å². The summed E-state index contributed by atoms with van der Waals surface area (Å²) in [5, 5.41) is 3.24. The SMILES string of the molecule is CCCCOc1ccc(C(=O)N2CCN(Cc3nc(C)cs3)CC2)cc1. The first-order valence-corrected chi connectivity index (χ1v) is 10.2. The van der Waals surface area contributed by atoms with Crippen LogP contribution in [-0.2, 0) is 6.54 Å². The van der Waals surface area contributed by atoms with Crippen molar-refractivity contribution in [3.63, 3.8) is 0 Å². The molecule has 0 aliphatic carbocycles. The van der Waals surface area contributed by atoms with E-state index in [9.17, 15) is 4.79 Å². The molecule has 0 unspecified atom stereocenters. The largest absolute Gasteiger partial charge is 0.494 e. The zero-order valence-corrected chi connectivity index (χ0v) is 16.4. The molecule has 140 valence electrons. The Balaban J connectivity index is 1.48. The summed E-state index contributed by atoms with van der Waals surface area (Å²) in [5.74, 6) is 0.938. The summed E-state index contributed by atoms with van der Waals surface area (Å²) in [7, 11) is 0. The van der Waals surface area contributed by atoms with Crippen molar-refractivity contribution in [2.75, 3.05) is 32.8 Å². The van der Waals surface area contributed by atoms with E-state index in [0.29, 0.717) is 0 Å². The Labute approximate surface area is 159 Å². The number of hydrogen-bond donors (Lipinski definition) is 0. The van der Waals surface area contributed by atoms with E-state index in [-0.39, 0.29) is 5.91 Å². The Kier molecular flexibility index (Phi) is 6.63. The average Bonchev–Trinajstić information content (AvgIpc) is 3.07. The maximum absolute atomic E-state index is 12.7. The predicted octanol–water partition coefficient (Wildman–Crippen LogP) is 3.59. The second kappa shape index (κ2) is 9.14. The number of aromatic nitrogens is 1. The van der Waals surface area contributed by atoms with Crippen LogP contribution in [0.25, 0.3) is 0 Å². The first kappa shape index (κ1) is 18.9. The second-order valence-electron chi connectivity index (χ2n) is 6.68. The smallest absolute Gasteiger partial charge is 0.253 e. The van der Waals surface area contributed by atoms with Crippen LogP contribution in [0.5, 0.6) is 5.75 Å². The van der Waals surface area contributed by atoms with Crippen LogP contribution in [0, 0.1) is 6.92 Å². The molecule has 0 saturated carbocycles. The lowest BCUT2D eigenvalue weighted by Gasteiger charge is -2.34. The number of thiazole rings is 1. The lowest BCUT2D eigenvalue weighted by Crippen LogP contribution is -2.48. The number of carbonyl (C=O) groups excluding carboxylic acids is 1. The van der Waals surface area contributed by atoms with E-state index in [1.165, 1.54) is 0 Å². The van der Waals surface area contributed by atoms with Gasteiger partial charge in [-0.1, -0.05) is 13.3 Å². The number of unbranched alkanes of at least 4 members (excludes halogenated alkanes) is 1. The number of ether oxygens (including phenoxy) is 1. The molecule has 1 fully saturated rings. The van der Waals surface area contributed by atoms with Crippen LogP contribution in [-0.4, -0.2) is 53.5 Å². The number of nitrogens with zero attached hydrogens (tertiary/aromatic N) is 3. The molecular formula is C20H27N3O2S. The van der Waals surface area contributed by atoms with Crippen molar-refractivity contribution in [2.45, 2.75) is 33.2 Å². The molecule has 1 aliphatic heterocycles. The maximum atomic E-state index is 12.7. The summed E-state index contributed by atoms with van der Waals surface area (Å²) in [6.45, 7) is 9.08. The summed E-state index contributed by atoms with van der Waals surface area (Å²) in [6, 6.07) is 7.52. The standard InChI is InChI=1S/C20H27N3O2S/c1-3-4-13-25-18-7-5-17(6-8-18)20(24)23-11-9-22(10-12-23)14-19-21-16(2)15-26-19/h5-8,15H,3-4,9-14H2,1-2H3. The Hall–Kier alpha value is -1.92. The molecule has 6 heteroatoms. The minimum Gasteiger partial charge on any atom is -0.494 e. The van der Waals surface area contributed by atoms with Gasteiger partial charge in [-0.2, -0.15) is 0 Å². The topological polar surface area (TPSA) is 45.7 Å². The molecule has 5 nitrogen and oxygen atoms in total. The fourth-order valence-corrected chi connectivity index (χ4v) is 3.80. The molecule has 1 aromatic carbocycles. The number of rotatable bonds is 7. The second-order valence-corrected chi connectivity index (χ2v) is 7.62. The van der Waals surface area contributed by atoms with E-state index in [1.54, 1.807) is 11.3 Å². The fraction of sp³-hybridized carbons (Fsp3) is 0.500. The van der Waals surface area contributed by atoms with Crippen molar-refractivity contribution in [2.24, 2.45) is 0 Å². The third-order valence-electron chi connectivity index (χ3n) is 4.55. The van der Waals surface area contributed by atoms with Gasteiger partial charge in [-0.25, -0.2) is 4.98 Å². The lowest BCUT2D eigenvalue weighted by atomic mass is 10.1. The molecule has 0 atom stereocenters. The molecule has 0 spiro atoms. The van der Waals surface area contributed by atoms with Gasteiger partial charge in [0.15, 0.2) is 0 Å². The Morgan fingerprint density at radius 2 is 1.92 bits per heavy atom. The number of amides is 1. The quantitative estimate of drug-likeness (QED) is 0.696. The highest BCUT2D eigenvalue weighted by atomic mass is 32.1. The first-order valence-electron chi connectivity index (χ1n) is 9.31. The van der Waals surface area contributed by atoms with Crippen LogP contribution < -0.4 is 4.74 Å². The Bertz CT molecular complexity index is 706. The monoisotopic (exact) mass is 373 g/mol. The van der Waals surface area contributed by atoms with Crippen molar-refractivity contribution >= 4 is 17.2 Å². The lowest BCUT2D eigenvalue weighted by molar-refractivity contribution is 0.0628. The number of hydrogen-bond acceptors (Lipinski definition) is 5. The van der Waals surface area contributed by atoms with Crippen LogP contribution in [0.15, 0.2) is 29.6 Å². The van der Waals surface area contributed by atoms with Crippen molar-refractivity contribution in [3.05, 3.63) is 45.9 Å². The van der Waals surface area contributed by atoms with Gasteiger partial charge in [-0.3, -0.25) is 9.69 Å². The highest BCUT2D eigenvalue weighted by Crippen LogP contribution is 2.17. The zero-order valence-electron chi connectivity index (χ0n) is 15.6. The molecule has 0 radical (unpaired) electrons. The summed E-state index contributed by atoms with van der Waals surface area (Å²) >= 11 is 1.71. The van der Waals surface area contributed by atoms with Crippen molar-refractivity contribution in [3.8, 4) is 5.75 Å². The van der Waals surface area contributed by atoms with E-state index in [0.717, 1.165) is 74.2 Å². The van der Waals surface area contributed by atoms with Crippen molar-refractivity contribution in [1.29, 1.82) is 0 Å². The van der Waals surface area contributed by atoms with Gasteiger partial charge in [0.2, 0.25) is 0 Å². The van der Waals surface area contributed by atoms with E-state index < -0.39 is 0 Å². The molecule has 1 aromatic heterocycles. The molecule has 2 aromatic rings. The molecule has 1 amide bonds. The summed E-state index contributed by atoms with van der Waals surface area (Å²) in [4.78, 5) is 21.5. The highest BCUT2D eigenvalue weighted by Gasteiger charge is 2.22. The Morgan fingerprint density at radius 1 is 1.19 bits per heavy atom. The molecule has 2 heterocycles. The number of aryl methyl sites for hydroxylation is 1. The van der Waals surface area contributed by atoms with Gasteiger partial charge in [0, 0.05) is 42.8 Å². The predicted molar refractivity (Wildman–Crippen MR) is 105 cm³/mol. The molecule has 3 rings (SSSR count). The molecule has 1 saturated heterocycles. The third-order valence-corrected chi connectivity index (χ3v) is 5.50. The van der Waals surface area contributed by atoms with Crippen LogP contribution in [0.2, 0.25) is 0 Å². The van der Waals surface area contributed by atoms with Crippen LogP contribution in [0.1, 0.15) is 40.8 Å². The van der Waals surface area contributed by atoms with Gasteiger partial charge in [0.05, 0.1) is 13.2 Å². The summed E-state index contributed by atoms with van der Waals surface area (Å²) in [5.41, 5.74) is 1.82. The molecule has 26 heavy (non-hydrogen) atoms. The van der Waals surface area contributed by atoms with E-state index in [4.69, 9.17) is 4.74 Å². The Morgan fingerprint density at radius 3 is 2.54 bits per heavy atom. The van der Waals surface area contributed by atoms with Gasteiger partial charge in [0.1, 0.15) is 10.8 Å². The molecule has 0 N–H and O–H groups in total. The number of piperazine rings is 1. The highest BCUT2D eigenvalue weighted by molar-refractivity contribution is 7.09. The van der Waals surface area contributed by atoms with Gasteiger partial charge < -0.3 is 9.64 Å². The van der Waals surface area contributed by atoms with Crippen LogP contribution in [0.3, 0.4) is 0 Å². The number of benzene rings is 1. The van der Waals surface area contributed by atoms with Gasteiger partial charge >= 0.3 is 0 Å². The summed E-state index contributed by atoms with van der Waals surface area (Å²) in [6.07, 6.45) is 2.16. The average molecular weight is 374 g/mol. The minimum atomic E-state index is 0.106. The maximum Gasteiger partial charge on any atom is 0.253 e. The van der Waals surface area contributed by atoms with Crippen molar-refractivity contribution < 1.29 is 9.53 Å². The molecular weight excluding hydrogens is 346 g/mol. The van der Waals surface area contributed by atoms with Gasteiger partial charge in [0.25, 0.3) is 5.91 Å². The van der Waals surface area contributed by atoms with E-state index in [1.807, 2.05) is 36.1 Å². The normalized spacial score (nSPS) is 15.2. The first-order chi connectivity index (χ1) is 12.7.